The van der Waals surface area contributed by atoms with Gasteiger partial charge in [0.05, 0.1) is 13.1 Å². The van der Waals surface area contributed by atoms with Crippen LogP contribution in [-0.2, 0) is 29.1 Å². The fourth-order valence-corrected chi connectivity index (χ4v) is 5.15. The summed E-state index contributed by atoms with van der Waals surface area (Å²) in [5, 5.41) is 21.9. The summed E-state index contributed by atoms with van der Waals surface area (Å²) >= 11 is 0. The third-order valence-electron chi connectivity index (χ3n) is 7.19. The molecule has 0 saturated carbocycles. The zero-order valence-electron chi connectivity index (χ0n) is 23.4. The number of rotatable bonds is 7. The van der Waals surface area contributed by atoms with Gasteiger partial charge in [-0.05, 0) is 29.3 Å². The first-order valence-corrected chi connectivity index (χ1v) is 13.6. The Morgan fingerprint density at radius 3 is 2.30 bits per heavy atom. The smallest absolute Gasteiger partial charge is 0.424 e. The number of carbonyl (C=O) groups excluding carboxylic acids is 2. The van der Waals surface area contributed by atoms with Gasteiger partial charge in [-0.15, -0.1) is 6.58 Å². The van der Waals surface area contributed by atoms with Crippen molar-refractivity contribution in [3.05, 3.63) is 114 Å². The van der Waals surface area contributed by atoms with Gasteiger partial charge in [-0.1, -0.05) is 54.6 Å². The number of phenols is 1. The normalized spacial score (nSPS) is 18.5. The molecule has 0 aliphatic carbocycles. The van der Waals surface area contributed by atoms with Gasteiger partial charge in [-0.3, -0.25) is 9.59 Å². The van der Waals surface area contributed by atoms with Crippen molar-refractivity contribution in [3.63, 3.8) is 0 Å². The molecule has 0 spiro atoms. The molecule has 10 nitrogen and oxygen atoms in total. The van der Waals surface area contributed by atoms with Crippen LogP contribution in [-0.4, -0.2) is 79.8 Å². The van der Waals surface area contributed by atoms with Gasteiger partial charge in [-0.25, -0.2) is 23.6 Å². The molecule has 0 aromatic heterocycles. The van der Waals surface area contributed by atoms with Crippen LogP contribution in [0.4, 0.5) is 13.6 Å². The lowest BCUT2D eigenvalue weighted by atomic mass is 9.98. The lowest BCUT2D eigenvalue weighted by Gasteiger charge is -2.54. The first-order chi connectivity index (χ1) is 20.6. The minimum atomic E-state index is -1.32. The van der Waals surface area contributed by atoms with Crippen LogP contribution >= 0.6 is 0 Å². The number of halogens is 2. The van der Waals surface area contributed by atoms with Crippen LogP contribution in [0.15, 0.2) is 85.5 Å². The molecule has 5 rings (SSSR count). The zero-order chi connectivity index (χ0) is 31.1. The second kappa shape index (κ2) is 13.9. The van der Waals surface area contributed by atoms with Gasteiger partial charge in [0.1, 0.15) is 29.6 Å². The van der Waals surface area contributed by atoms with Crippen molar-refractivity contribution in [2.75, 3.05) is 19.6 Å². The van der Waals surface area contributed by atoms with Crippen LogP contribution in [0.1, 0.15) is 16.7 Å². The van der Waals surface area contributed by atoms with E-state index in [2.05, 4.69) is 6.58 Å². The Hall–Kier alpha value is -4.81. The first kappa shape index (κ1) is 31.1. The molecular weight excluding hydrogens is 560 g/mol. The zero-order valence-corrected chi connectivity index (χ0v) is 23.4. The molecule has 2 fully saturated rings. The number of nitrogens with two attached hydrogens (primary N) is 1. The molecule has 2 aliphatic heterocycles. The van der Waals surface area contributed by atoms with Crippen molar-refractivity contribution >= 4 is 17.9 Å². The summed E-state index contributed by atoms with van der Waals surface area (Å²) in [6.07, 6.45) is -0.859. The van der Waals surface area contributed by atoms with E-state index in [0.29, 0.717) is 18.2 Å². The summed E-state index contributed by atoms with van der Waals surface area (Å²) in [7, 11) is 0. The fraction of sp³-hybridized carbons (Fsp3) is 0.258. The van der Waals surface area contributed by atoms with Gasteiger partial charge in [-0.2, -0.15) is 0 Å². The molecule has 4 N–H and O–H groups in total. The summed E-state index contributed by atoms with van der Waals surface area (Å²) in [4.78, 5) is 41.5. The highest BCUT2D eigenvalue weighted by Gasteiger charge is 2.51. The number of carboxylic acid groups (broad SMARTS) is 1. The van der Waals surface area contributed by atoms with Crippen molar-refractivity contribution in [1.29, 1.82) is 0 Å². The van der Waals surface area contributed by atoms with E-state index in [1.807, 2.05) is 30.3 Å². The lowest BCUT2D eigenvalue weighted by Crippen LogP contribution is -2.75. The lowest BCUT2D eigenvalue weighted by molar-refractivity contribution is -0.192. The molecule has 0 radical (unpaired) electrons. The van der Waals surface area contributed by atoms with E-state index in [1.54, 1.807) is 12.1 Å². The van der Waals surface area contributed by atoms with Gasteiger partial charge in [0.25, 0.3) is 0 Å². The van der Waals surface area contributed by atoms with Gasteiger partial charge in [0, 0.05) is 37.7 Å². The molecule has 3 aromatic rings. The van der Waals surface area contributed by atoms with Gasteiger partial charge < -0.3 is 25.7 Å². The Morgan fingerprint density at radius 2 is 1.72 bits per heavy atom. The second-order valence-corrected chi connectivity index (χ2v) is 10.1. The number of amides is 3. The molecule has 2 atom stereocenters. The van der Waals surface area contributed by atoms with E-state index in [9.17, 15) is 33.4 Å². The van der Waals surface area contributed by atoms with E-state index in [0.717, 1.165) is 11.1 Å². The summed E-state index contributed by atoms with van der Waals surface area (Å²) < 4.78 is 27.8. The van der Waals surface area contributed by atoms with Gasteiger partial charge in [0.2, 0.25) is 11.8 Å². The van der Waals surface area contributed by atoms with E-state index in [1.165, 1.54) is 44.6 Å². The maximum atomic E-state index is 14.4. The van der Waals surface area contributed by atoms with E-state index in [4.69, 9.17) is 5.73 Å². The fourth-order valence-electron chi connectivity index (χ4n) is 5.15. The average Bonchev–Trinajstić information content (AvgIpc) is 2.98. The molecule has 0 bridgehead atoms. The molecular formula is C31H33F2N5O5. The minimum Gasteiger partial charge on any atom is -0.508 e. The number of hydrazine groups is 1. The molecule has 43 heavy (non-hydrogen) atoms. The third kappa shape index (κ3) is 7.34. The van der Waals surface area contributed by atoms with Gasteiger partial charge in [0.15, 0.2) is 0 Å². The monoisotopic (exact) mass is 593 g/mol. The summed E-state index contributed by atoms with van der Waals surface area (Å²) in [6, 6.07) is 18.0. The van der Waals surface area contributed by atoms with Crippen molar-refractivity contribution < 1.29 is 33.4 Å². The number of carbonyl (C=O) groups is 3. The average molecular weight is 594 g/mol. The number of fused-ring (bicyclic) bond motifs is 1. The van der Waals surface area contributed by atoms with Crippen LogP contribution in [0, 0.1) is 11.6 Å². The highest BCUT2D eigenvalue weighted by atomic mass is 19.1. The number of nitrogens with zero attached hydrogens (tertiary/aromatic N) is 4. The Balaban J connectivity index is 0.000000458. The van der Waals surface area contributed by atoms with Crippen LogP contribution < -0.4 is 5.73 Å². The number of hydrogen-bond donors (Lipinski definition) is 3. The van der Waals surface area contributed by atoms with Crippen molar-refractivity contribution in [2.45, 2.75) is 31.7 Å². The Bertz CT molecular complexity index is 1460. The Morgan fingerprint density at radius 1 is 1.02 bits per heavy atom. The number of aromatic hydroxyl groups is 1. The highest BCUT2D eigenvalue weighted by molar-refractivity contribution is 5.91. The van der Waals surface area contributed by atoms with Crippen LogP contribution in [0.3, 0.4) is 0 Å². The minimum absolute atomic E-state index is 0.0289. The predicted molar refractivity (Wildman–Crippen MR) is 154 cm³/mol. The predicted octanol–water partition coefficient (Wildman–Crippen LogP) is 3.32. The van der Waals surface area contributed by atoms with E-state index >= 15 is 0 Å². The molecule has 2 aliphatic rings. The molecule has 2 heterocycles. The van der Waals surface area contributed by atoms with Crippen molar-refractivity contribution in [3.8, 4) is 5.75 Å². The maximum Gasteiger partial charge on any atom is 0.424 e. The summed E-state index contributed by atoms with van der Waals surface area (Å²) in [5.41, 5.74) is 7.23. The number of benzene rings is 3. The standard InChI is InChI=1S/C24H24F2N4O5.C7H9N/c1-2-9-28-14-22(32)29-20(10-15-3-7-18(31)8-4-15)23(33)27(13-21(29)30(28)24(34)35)12-16-5-6-17(25)11-19(16)26;8-6-7-4-2-1-3-5-7/h2-8,11,20-21,31H,1,9-10,12-14H2,(H,34,35);1-5H,6,8H2. The van der Waals surface area contributed by atoms with Crippen molar-refractivity contribution in [2.24, 2.45) is 5.73 Å². The summed E-state index contributed by atoms with van der Waals surface area (Å²) in [6.45, 7) is 3.64. The molecule has 3 aromatic carbocycles. The van der Waals surface area contributed by atoms with Crippen LogP contribution in [0.25, 0.3) is 0 Å². The summed E-state index contributed by atoms with van der Waals surface area (Å²) in [5.74, 6) is -2.49. The molecule has 2 saturated heterocycles. The molecule has 2 unspecified atom stereocenters. The molecule has 3 amide bonds. The SMILES string of the molecule is C=CCN1CC(=O)N2C(Cc3ccc(O)cc3)C(=O)N(Cc3ccc(F)cc3F)CC2N1C(=O)O.NCc1ccccc1. The molecule has 12 heteroatoms. The second-order valence-electron chi connectivity index (χ2n) is 10.1. The van der Waals surface area contributed by atoms with Crippen LogP contribution in [0.2, 0.25) is 0 Å². The number of phenolic OH excluding ortho intramolecular Hbond substituents is 1. The topological polar surface area (TPSA) is 131 Å². The number of piperazine rings is 1. The van der Waals surface area contributed by atoms with Gasteiger partial charge >= 0.3 is 6.09 Å². The highest BCUT2D eigenvalue weighted by Crippen LogP contribution is 2.30. The Labute approximate surface area is 247 Å². The van der Waals surface area contributed by atoms with Crippen molar-refractivity contribution in [1.82, 2.24) is 19.8 Å². The van der Waals surface area contributed by atoms with Crippen LogP contribution in [0.5, 0.6) is 5.75 Å². The third-order valence-corrected chi connectivity index (χ3v) is 7.19. The molecule has 226 valence electrons. The number of hydrogen-bond acceptors (Lipinski definition) is 6. The van der Waals surface area contributed by atoms with E-state index in [-0.39, 0.29) is 43.9 Å². The largest absolute Gasteiger partial charge is 0.508 e. The quantitative estimate of drug-likeness (QED) is 0.359. The maximum absolute atomic E-state index is 14.4. The first-order valence-electron chi connectivity index (χ1n) is 13.6. The van der Waals surface area contributed by atoms with E-state index < -0.39 is 41.7 Å². The Kier molecular flexibility index (Phi) is 10.1.